The second-order valence-corrected chi connectivity index (χ2v) is 5.54. The van der Waals surface area contributed by atoms with E-state index in [1.165, 1.54) is 18.6 Å². The largest absolute Gasteiger partial charge is 0.495 e. The summed E-state index contributed by atoms with van der Waals surface area (Å²) in [6.07, 6.45) is -4.47. The van der Waals surface area contributed by atoms with Crippen molar-refractivity contribution in [3.8, 4) is 17.1 Å². The molecule has 0 aliphatic carbocycles. The van der Waals surface area contributed by atoms with Crippen LogP contribution in [0.2, 0.25) is 5.02 Å². The van der Waals surface area contributed by atoms with E-state index >= 15 is 0 Å². The van der Waals surface area contributed by atoms with Gasteiger partial charge in [0, 0.05) is 10.8 Å². The third-order valence-corrected chi connectivity index (χ3v) is 4.16. The quantitative estimate of drug-likeness (QED) is 0.668. The summed E-state index contributed by atoms with van der Waals surface area (Å²) in [5, 5.41) is 1.31. The Bertz CT molecular complexity index is 848. The van der Waals surface area contributed by atoms with Gasteiger partial charge in [0.15, 0.2) is 5.01 Å². The molecule has 1 radical (unpaired) electrons. The summed E-state index contributed by atoms with van der Waals surface area (Å²) in [7, 11) is 1.47. The fraction of sp³-hybridized carbons (Fsp3) is 0.143. The lowest BCUT2D eigenvalue weighted by atomic mass is 10.2. The van der Waals surface area contributed by atoms with Gasteiger partial charge in [0.05, 0.1) is 18.3 Å². The highest BCUT2D eigenvalue weighted by atomic mass is 35.5. The molecule has 0 fully saturated rings. The Morgan fingerprint density at radius 1 is 1.23 bits per heavy atom. The molecule has 113 valence electrons. The van der Waals surface area contributed by atoms with Crippen LogP contribution in [0.4, 0.5) is 13.2 Å². The molecule has 8 heteroatoms. The minimum atomic E-state index is -4.47. The van der Waals surface area contributed by atoms with Crippen molar-refractivity contribution in [2.75, 3.05) is 7.11 Å². The van der Waals surface area contributed by atoms with Crippen molar-refractivity contribution in [3.63, 3.8) is 0 Å². The molecular weight excluding hydrogens is 337 g/mol. The van der Waals surface area contributed by atoms with Gasteiger partial charge in [0.25, 0.3) is 0 Å². The number of hydrogen-bond donors (Lipinski definition) is 0. The van der Waals surface area contributed by atoms with Gasteiger partial charge in [0.2, 0.25) is 0 Å². The summed E-state index contributed by atoms with van der Waals surface area (Å²) >= 11 is 6.69. The number of aromatic nitrogens is 2. The summed E-state index contributed by atoms with van der Waals surface area (Å²) in [6.45, 7) is 0. The Labute approximate surface area is 132 Å². The first-order valence-electron chi connectivity index (χ1n) is 5.98. The number of benzene rings is 1. The number of halogens is 4. The second kappa shape index (κ2) is 5.40. The van der Waals surface area contributed by atoms with E-state index in [4.69, 9.17) is 16.3 Å². The molecule has 0 N–H and O–H groups in total. The monoisotopic (exact) mass is 343 g/mol. The van der Waals surface area contributed by atoms with Crippen molar-refractivity contribution >= 4 is 33.8 Å². The number of thiazole rings is 1. The van der Waals surface area contributed by atoms with Crippen molar-refractivity contribution in [1.29, 1.82) is 0 Å². The Morgan fingerprint density at radius 3 is 2.64 bits per heavy atom. The number of hydrogen-bond acceptors (Lipinski definition) is 4. The average molecular weight is 344 g/mol. The highest BCUT2D eigenvalue weighted by molar-refractivity contribution is 7.10. The lowest BCUT2D eigenvalue weighted by Gasteiger charge is -2.06. The van der Waals surface area contributed by atoms with Gasteiger partial charge in [-0.1, -0.05) is 11.6 Å². The first kappa shape index (κ1) is 15.1. The van der Waals surface area contributed by atoms with Crippen LogP contribution in [0.1, 0.15) is 5.01 Å². The van der Waals surface area contributed by atoms with Gasteiger partial charge in [-0.25, -0.2) is 9.97 Å². The number of methoxy groups -OCH3 is 1. The molecule has 0 spiro atoms. The van der Waals surface area contributed by atoms with E-state index in [0.717, 1.165) is 0 Å². The van der Waals surface area contributed by atoms with E-state index in [0.29, 0.717) is 28.0 Å². The molecule has 22 heavy (non-hydrogen) atoms. The summed E-state index contributed by atoms with van der Waals surface area (Å²) < 4.78 is 42.9. The first-order chi connectivity index (χ1) is 10.4. The SMILES string of the molecule is COc1ccc2[c]cc(-c3csc(C(F)(F)F)n3)nc2c1Cl. The maximum absolute atomic E-state index is 12.6. The number of ether oxygens (including phenoxy) is 1. The Morgan fingerprint density at radius 2 is 2.00 bits per heavy atom. The average Bonchev–Trinajstić information content (AvgIpc) is 2.97. The highest BCUT2D eigenvalue weighted by Crippen LogP contribution is 2.35. The minimum Gasteiger partial charge on any atom is -0.495 e. The Kier molecular flexibility index (Phi) is 3.70. The molecule has 0 bridgehead atoms. The molecule has 0 amide bonds. The molecule has 0 saturated carbocycles. The van der Waals surface area contributed by atoms with Gasteiger partial charge in [-0.15, -0.1) is 11.3 Å². The number of alkyl halides is 3. The molecule has 0 saturated heterocycles. The van der Waals surface area contributed by atoms with Crippen molar-refractivity contribution in [2.45, 2.75) is 6.18 Å². The normalized spacial score (nSPS) is 11.9. The smallest absolute Gasteiger partial charge is 0.443 e. The highest BCUT2D eigenvalue weighted by Gasteiger charge is 2.34. The summed E-state index contributed by atoms with van der Waals surface area (Å²) in [4.78, 5) is 7.85. The molecule has 2 aromatic heterocycles. The predicted octanol–water partition coefficient (Wildman–Crippen LogP) is 4.84. The van der Waals surface area contributed by atoms with Gasteiger partial charge < -0.3 is 4.74 Å². The van der Waals surface area contributed by atoms with Gasteiger partial charge >= 0.3 is 6.18 Å². The molecule has 3 rings (SSSR count). The summed E-state index contributed by atoms with van der Waals surface area (Å²) in [6, 6.07) is 7.82. The van der Waals surface area contributed by atoms with E-state index in [-0.39, 0.29) is 16.4 Å². The third kappa shape index (κ3) is 2.62. The van der Waals surface area contributed by atoms with Crippen molar-refractivity contribution < 1.29 is 17.9 Å². The van der Waals surface area contributed by atoms with E-state index in [9.17, 15) is 13.2 Å². The van der Waals surface area contributed by atoms with E-state index in [1.54, 1.807) is 12.1 Å². The standard InChI is InChI=1S/C14H7ClF3N2OS/c1-21-10-5-3-7-2-4-8(19-12(7)11(10)15)9-6-22-13(20-9)14(16,17)18/h3-6H,1H3. The topological polar surface area (TPSA) is 35.0 Å². The van der Waals surface area contributed by atoms with Crippen LogP contribution < -0.4 is 4.74 Å². The lowest BCUT2D eigenvalue weighted by molar-refractivity contribution is -0.137. The summed E-state index contributed by atoms with van der Waals surface area (Å²) in [5.74, 6) is 0.432. The molecule has 0 unspecified atom stereocenters. The molecule has 3 aromatic rings. The second-order valence-electron chi connectivity index (χ2n) is 4.30. The van der Waals surface area contributed by atoms with Crippen molar-refractivity contribution in [2.24, 2.45) is 0 Å². The van der Waals surface area contributed by atoms with Crippen LogP contribution in [0.25, 0.3) is 22.3 Å². The van der Waals surface area contributed by atoms with Crippen LogP contribution in [-0.2, 0) is 6.18 Å². The fourth-order valence-corrected chi connectivity index (χ4v) is 2.85. The van der Waals surface area contributed by atoms with E-state index in [2.05, 4.69) is 16.0 Å². The molecule has 0 atom stereocenters. The number of nitrogens with zero attached hydrogens (tertiary/aromatic N) is 2. The predicted molar refractivity (Wildman–Crippen MR) is 78.3 cm³/mol. The molecule has 1 aromatic carbocycles. The minimum absolute atomic E-state index is 0.134. The molecule has 3 nitrogen and oxygen atoms in total. The molecule has 2 heterocycles. The van der Waals surface area contributed by atoms with Gasteiger partial charge in [-0.2, -0.15) is 13.2 Å². The van der Waals surface area contributed by atoms with Crippen LogP contribution in [0.5, 0.6) is 5.75 Å². The molecule has 0 aliphatic heterocycles. The van der Waals surface area contributed by atoms with E-state index in [1.807, 2.05) is 0 Å². The zero-order valence-corrected chi connectivity index (χ0v) is 12.6. The van der Waals surface area contributed by atoms with Gasteiger partial charge in [0.1, 0.15) is 16.5 Å². The maximum Gasteiger partial charge on any atom is 0.443 e. The van der Waals surface area contributed by atoms with Crippen LogP contribution in [0, 0.1) is 6.07 Å². The van der Waals surface area contributed by atoms with Gasteiger partial charge in [-0.3, -0.25) is 0 Å². The third-order valence-electron chi connectivity index (χ3n) is 2.91. The van der Waals surface area contributed by atoms with Crippen LogP contribution in [-0.4, -0.2) is 17.1 Å². The Balaban J connectivity index is 2.12. The fourth-order valence-electron chi connectivity index (χ4n) is 1.88. The number of rotatable bonds is 2. The van der Waals surface area contributed by atoms with Crippen molar-refractivity contribution in [3.05, 3.63) is 39.7 Å². The summed E-state index contributed by atoms with van der Waals surface area (Å²) in [5.41, 5.74) is 0.809. The van der Waals surface area contributed by atoms with Crippen LogP contribution in [0.3, 0.4) is 0 Å². The number of pyridine rings is 1. The zero-order valence-electron chi connectivity index (χ0n) is 11.0. The molecular formula is C14H7ClF3N2OS. The Hall–Kier alpha value is -1.86. The van der Waals surface area contributed by atoms with Crippen molar-refractivity contribution in [1.82, 2.24) is 9.97 Å². The maximum atomic E-state index is 12.6. The van der Waals surface area contributed by atoms with E-state index < -0.39 is 11.2 Å². The van der Waals surface area contributed by atoms with Crippen LogP contribution >= 0.6 is 22.9 Å². The zero-order chi connectivity index (χ0) is 15.9. The van der Waals surface area contributed by atoms with Gasteiger partial charge in [-0.05, 0) is 24.3 Å². The lowest BCUT2D eigenvalue weighted by Crippen LogP contribution is -2.03. The first-order valence-corrected chi connectivity index (χ1v) is 7.24. The van der Waals surface area contributed by atoms with Crippen LogP contribution in [0.15, 0.2) is 23.6 Å². The number of fused-ring (bicyclic) bond motifs is 1. The molecule has 0 aliphatic rings.